The van der Waals surface area contributed by atoms with Gasteiger partial charge in [-0.05, 0) is 39.8 Å². The van der Waals surface area contributed by atoms with Gasteiger partial charge in [0.05, 0.1) is 12.1 Å². The Hall–Kier alpha value is -2.56. The topological polar surface area (TPSA) is 57.5 Å². The summed E-state index contributed by atoms with van der Waals surface area (Å²) in [6, 6.07) is 7.45. The molecule has 5 heteroatoms. The zero-order valence-corrected chi connectivity index (χ0v) is 13.8. The van der Waals surface area contributed by atoms with Crippen LogP contribution in [0.15, 0.2) is 36.5 Å². The van der Waals surface area contributed by atoms with Crippen LogP contribution in [0.5, 0.6) is 0 Å². The van der Waals surface area contributed by atoms with Crippen molar-refractivity contribution in [2.45, 2.75) is 33.3 Å². The minimum atomic E-state index is -0.580. The molecule has 0 bridgehead atoms. The minimum Gasteiger partial charge on any atom is -0.463 e. The molecule has 0 N–H and O–H groups in total. The number of carbonyl (C=O) groups excluding carboxylic acids is 2. The molecule has 0 aliphatic heterocycles. The quantitative estimate of drug-likeness (QED) is 0.634. The van der Waals surface area contributed by atoms with Gasteiger partial charge in [-0.15, -0.1) is 0 Å². The van der Waals surface area contributed by atoms with E-state index < -0.39 is 17.7 Å². The van der Waals surface area contributed by atoms with E-state index in [2.05, 4.69) is 0 Å². The van der Waals surface area contributed by atoms with E-state index in [0.29, 0.717) is 6.61 Å². The van der Waals surface area contributed by atoms with Gasteiger partial charge < -0.3 is 9.47 Å². The molecule has 0 aliphatic carbocycles. The lowest BCUT2D eigenvalue weighted by molar-refractivity contribution is -0.137. The SMILES string of the molecule is CCOC(=O)C=Cc1cn(C(=O)OC(C)(C)C)c2ccccc12. The standard InChI is InChI=1S/C18H21NO4/c1-5-22-16(20)11-10-13-12-19(17(21)23-18(2,3)4)15-9-7-6-8-14(13)15/h6-12H,5H2,1-4H3. The van der Waals surface area contributed by atoms with Crippen LogP contribution in [0.25, 0.3) is 17.0 Å². The van der Waals surface area contributed by atoms with E-state index >= 15 is 0 Å². The van der Waals surface area contributed by atoms with Crippen LogP contribution in [0.3, 0.4) is 0 Å². The Labute approximate surface area is 135 Å². The molecule has 0 amide bonds. The Morgan fingerprint density at radius 3 is 2.57 bits per heavy atom. The van der Waals surface area contributed by atoms with Crippen LogP contribution < -0.4 is 0 Å². The molecule has 23 heavy (non-hydrogen) atoms. The van der Waals surface area contributed by atoms with Gasteiger partial charge >= 0.3 is 12.1 Å². The lowest BCUT2D eigenvalue weighted by atomic mass is 10.1. The van der Waals surface area contributed by atoms with Crippen molar-refractivity contribution in [2.75, 3.05) is 6.61 Å². The molecule has 0 spiro atoms. The summed E-state index contributed by atoms with van der Waals surface area (Å²) in [6.07, 6.45) is 4.20. The molecule has 0 aliphatic rings. The van der Waals surface area contributed by atoms with Gasteiger partial charge in [0.15, 0.2) is 0 Å². The van der Waals surface area contributed by atoms with Crippen LogP contribution >= 0.6 is 0 Å². The Kier molecular flexibility index (Phi) is 4.89. The van der Waals surface area contributed by atoms with Crippen LogP contribution in [0.1, 0.15) is 33.3 Å². The van der Waals surface area contributed by atoms with Gasteiger partial charge in [-0.2, -0.15) is 0 Å². The van der Waals surface area contributed by atoms with Crippen molar-refractivity contribution in [1.29, 1.82) is 0 Å². The number of para-hydroxylation sites is 1. The number of rotatable bonds is 3. The number of aromatic nitrogens is 1. The van der Waals surface area contributed by atoms with Crippen LogP contribution in [0, 0.1) is 0 Å². The molecule has 0 saturated heterocycles. The minimum absolute atomic E-state index is 0.322. The predicted octanol–water partition coefficient (Wildman–Crippen LogP) is 4.00. The molecule has 5 nitrogen and oxygen atoms in total. The average Bonchev–Trinajstić information content (AvgIpc) is 2.83. The number of hydrogen-bond acceptors (Lipinski definition) is 4. The lowest BCUT2D eigenvalue weighted by Crippen LogP contribution is -2.26. The summed E-state index contributed by atoms with van der Waals surface area (Å²) in [5.41, 5.74) is 0.897. The first-order chi connectivity index (χ1) is 10.8. The fourth-order valence-electron chi connectivity index (χ4n) is 2.15. The predicted molar refractivity (Wildman–Crippen MR) is 89.2 cm³/mol. The van der Waals surface area contributed by atoms with E-state index in [4.69, 9.17) is 9.47 Å². The maximum atomic E-state index is 12.4. The molecule has 2 rings (SSSR count). The summed E-state index contributed by atoms with van der Waals surface area (Å²) >= 11 is 0. The molecule has 1 aromatic carbocycles. The first kappa shape index (κ1) is 16.8. The summed E-state index contributed by atoms with van der Waals surface area (Å²) in [5, 5.41) is 0.860. The number of esters is 1. The molecule has 0 atom stereocenters. The third kappa shape index (κ3) is 4.22. The number of fused-ring (bicyclic) bond motifs is 1. The van der Waals surface area contributed by atoms with Crippen LogP contribution in [-0.4, -0.2) is 28.8 Å². The lowest BCUT2D eigenvalue weighted by Gasteiger charge is -2.19. The third-order valence-electron chi connectivity index (χ3n) is 3.02. The summed E-state index contributed by atoms with van der Waals surface area (Å²) < 4.78 is 11.7. The zero-order chi connectivity index (χ0) is 17.0. The van der Waals surface area contributed by atoms with E-state index in [-0.39, 0.29) is 0 Å². The Morgan fingerprint density at radius 1 is 1.22 bits per heavy atom. The monoisotopic (exact) mass is 315 g/mol. The van der Waals surface area contributed by atoms with Crippen molar-refractivity contribution in [3.63, 3.8) is 0 Å². The van der Waals surface area contributed by atoms with E-state index in [1.807, 2.05) is 45.0 Å². The third-order valence-corrected chi connectivity index (χ3v) is 3.02. The van der Waals surface area contributed by atoms with Crippen molar-refractivity contribution in [3.05, 3.63) is 42.1 Å². The molecule has 1 aromatic heterocycles. The molecule has 2 aromatic rings. The molecule has 122 valence electrons. The van der Waals surface area contributed by atoms with E-state index in [1.54, 1.807) is 19.2 Å². The highest BCUT2D eigenvalue weighted by Gasteiger charge is 2.20. The normalized spacial score (nSPS) is 11.8. The maximum Gasteiger partial charge on any atom is 0.419 e. The van der Waals surface area contributed by atoms with Crippen molar-refractivity contribution < 1.29 is 19.1 Å². The van der Waals surface area contributed by atoms with E-state index in [9.17, 15) is 9.59 Å². The number of hydrogen-bond donors (Lipinski definition) is 0. The second-order valence-corrected chi connectivity index (χ2v) is 6.04. The average molecular weight is 315 g/mol. The fourth-order valence-corrected chi connectivity index (χ4v) is 2.15. The maximum absolute atomic E-state index is 12.4. The van der Waals surface area contributed by atoms with Gasteiger partial charge in [0, 0.05) is 23.2 Å². The molecule has 0 fully saturated rings. The highest BCUT2D eigenvalue weighted by atomic mass is 16.6. The Balaban J connectivity index is 2.40. The first-order valence-electron chi connectivity index (χ1n) is 7.50. The Morgan fingerprint density at radius 2 is 1.91 bits per heavy atom. The van der Waals surface area contributed by atoms with Gasteiger partial charge in [0.25, 0.3) is 0 Å². The Bertz CT molecular complexity index is 750. The molecule has 0 radical (unpaired) electrons. The summed E-state index contributed by atoms with van der Waals surface area (Å²) in [4.78, 5) is 23.8. The summed E-state index contributed by atoms with van der Waals surface area (Å²) in [7, 11) is 0. The molecule has 0 unspecified atom stereocenters. The first-order valence-corrected chi connectivity index (χ1v) is 7.50. The van der Waals surface area contributed by atoms with Crippen LogP contribution in [-0.2, 0) is 14.3 Å². The van der Waals surface area contributed by atoms with Gasteiger partial charge in [-0.3, -0.25) is 4.57 Å². The fraction of sp³-hybridized carbons (Fsp3) is 0.333. The summed E-state index contributed by atoms with van der Waals surface area (Å²) in [5.74, 6) is -0.415. The largest absolute Gasteiger partial charge is 0.463 e. The highest BCUT2D eigenvalue weighted by molar-refractivity contribution is 5.98. The number of nitrogens with zero attached hydrogens (tertiary/aromatic N) is 1. The molecular formula is C18H21NO4. The molecule has 0 saturated carbocycles. The number of carbonyl (C=O) groups is 2. The van der Waals surface area contributed by atoms with Crippen molar-refractivity contribution in [2.24, 2.45) is 0 Å². The van der Waals surface area contributed by atoms with Gasteiger partial charge in [-0.25, -0.2) is 9.59 Å². The highest BCUT2D eigenvalue weighted by Crippen LogP contribution is 2.23. The number of benzene rings is 1. The van der Waals surface area contributed by atoms with Crippen molar-refractivity contribution >= 4 is 29.0 Å². The van der Waals surface area contributed by atoms with Gasteiger partial charge in [0.1, 0.15) is 5.60 Å². The zero-order valence-electron chi connectivity index (χ0n) is 13.8. The molecule has 1 heterocycles. The van der Waals surface area contributed by atoms with Crippen molar-refractivity contribution in [3.8, 4) is 0 Å². The van der Waals surface area contributed by atoms with E-state index in [1.165, 1.54) is 10.6 Å². The molecular weight excluding hydrogens is 294 g/mol. The second kappa shape index (κ2) is 6.69. The van der Waals surface area contributed by atoms with Crippen molar-refractivity contribution in [1.82, 2.24) is 4.57 Å². The van der Waals surface area contributed by atoms with Gasteiger partial charge in [0.2, 0.25) is 0 Å². The number of ether oxygens (including phenoxy) is 2. The van der Waals surface area contributed by atoms with Crippen LogP contribution in [0.2, 0.25) is 0 Å². The summed E-state index contributed by atoms with van der Waals surface area (Å²) in [6.45, 7) is 7.53. The van der Waals surface area contributed by atoms with Gasteiger partial charge in [-0.1, -0.05) is 18.2 Å². The second-order valence-electron chi connectivity index (χ2n) is 6.04. The van der Waals surface area contributed by atoms with Crippen LogP contribution in [0.4, 0.5) is 4.79 Å². The van der Waals surface area contributed by atoms with E-state index in [0.717, 1.165) is 16.5 Å². The smallest absolute Gasteiger partial charge is 0.419 e.